The molecule has 0 bridgehead atoms. The van der Waals surface area contributed by atoms with E-state index in [9.17, 15) is 28.8 Å². The van der Waals surface area contributed by atoms with Gasteiger partial charge in [-0.1, -0.05) is 92.8 Å². The van der Waals surface area contributed by atoms with E-state index in [1.165, 1.54) is 10.7 Å². The van der Waals surface area contributed by atoms with E-state index in [0.29, 0.717) is 37.5 Å². The van der Waals surface area contributed by atoms with Crippen LogP contribution in [0.25, 0.3) is 0 Å². The normalized spacial score (nSPS) is 20.7. The van der Waals surface area contributed by atoms with Crippen LogP contribution in [-0.2, 0) is 53.2 Å². The van der Waals surface area contributed by atoms with Crippen LogP contribution in [0.3, 0.4) is 0 Å². The van der Waals surface area contributed by atoms with Gasteiger partial charge < -0.3 is 30.3 Å². The summed E-state index contributed by atoms with van der Waals surface area (Å²) in [5, 5.41) is 14.0. The summed E-state index contributed by atoms with van der Waals surface area (Å²) in [6.07, 6.45) is 8.18. The Morgan fingerprint density at radius 2 is 1.26 bits per heavy atom. The highest BCUT2D eigenvalue weighted by molar-refractivity contribution is 6.01. The van der Waals surface area contributed by atoms with Gasteiger partial charge in [0.05, 0.1) is 37.5 Å². The molecule has 1 aromatic heterocycles. The lowest BCUT2D eigenvalue weighted by Gasteiger charge is -2.32. The first-order chi connectivity index (χ1) is 28.2. The number of ether oxygens (including phenoxy) is 2. The SMILES string of the molecule is O=C(Cn1nc(C(=O)NCCCCCC(=O)ON2C(=O)CCC2=O)cc1C(=O)N[C@H]1CCCC[C@@H]1OCc1ccccc1)N[C@H]1CCCC[C@@H]1OCc1ccccc1. The molecule has 6 rings (SSSR count). The number of amides is 5. The quantitative estimate of drug-likeness (QED) is 0.114. The first kappa shape index (κ1) is 42.2. The molecule has 0 unspecified atom stereocenters. The Morgan fingerprint density at radius 1 is 0.690 bits per heavy atom. The lowest BCUT2D eigenvalue weighted by Crippen LogP contribution is -2.48. The molecule has 3 aliphatic rings. The standard InChI is InChI=1S/C43H54N6O9/c50-38(45-32-18-9-11-20-36(32)56-28-30-14-4-1-5-15-30)27-48-35(43(55)46-33-19-10-12-21-37(33)57-29-31-16-6-2-7-17-31)26-34(47-48)42(54)44-25-13-3-8-22-41(53)58-49-39(51)23-24-40(49)52/h1-2,4-7,14-17,26,32-33,36-37H,3,8-13,18-25,27-29H2,(H,44,54)(H,45,50)(H,46,55)/t32-,33-,36-,37-/m0/s1. The van der Waals surface area contributed by atoms with E-state index in [2.05, 4.69) is 21.0 Å². The maximum atomic E-state index is 14.0. The Hall–Kier alpha value is -5.41. The van der Waals surface area contributed by atoms with Gasteiger partial charge in [-0.25, -0.2) is 9.48 Å². The molecule has 15 nitrogen and oxygen atoms in total. The Morgan fingerprint density at radius 3 is 1.86 bits per heavy atom. The van der Waals surface area contributed by atoms with Gasteiger partial charge in [0.1, 0.15) is 12.2 Å². The molecule has 0 radical (unpaired) electrons. The van der Waals surface area contributed by atoms with E-state index in [1.54, 1.807) is 0 Å². The summed E-state index contributed by atoms with van der Waals surface area (Å²) in [7, 11) is 0. The second-order valence-corrected chi connectivity index (χ2v) is 15.2. The number of hydroxylamine groups is 2. The van der Waals surface area contributed by atoms with Gasteiger partial charge in [-0.15, -0.1) is 5.06 Å². The van der Waals surface area contributed by atoms with Crippen molar-refractivity contribution in [2.45, 2.75) is 134 Å². The zero-order valence-corrected chi connectivity index (χ0v) is 32.9. The molecule has 15 heteroatoms. The van der Waals surface area contributed by atoms with Crippen LogP contribution in [0, 0.1) is 0 Å². The lowest BCUT2D eigenvalue weighted by molar-refractivity contribution is -0.197. The van der Waals surface area contributed by atoms with Crippen LogP contribution in [0.1, 0.15) is 122 Å². The predicted molar refractivity (Wildman–Crippen MR) is 210 cm³/mol. The molecule has 0 spiro atoms. The first-order valence-corrected chi connectivity index (χ1v) is 20.6. The highest BCUT2D eigenvalue weighted by Crippen LogP contribution is 2.25. The third kappa shape index (κ3) is 12.3. The third-order valence-electron chi connectivity index (χ3n) is 10.8. The molecule has 1 aliphatic heterocycles. The van der Waals surface area contributed by atoms with Crippen molar-refractivity contribution in [2.75, 3.05) is 6.54 Å². The van der Waals surface area contributed by atoms with E-state index in [4.69, 9.17) is 14.3 Å². The summed E-state index contributed by atoms with van der Waals surface area (Å²) in [5.41, 5.74) is 2.17. The van der Waals surface area contributed by atoms with Crippen LogP contribution in [0.4, 0.5) is 0 Å². The number of hydrogen-bond acceptors (Lipinski definition) is 10. The van der Waals surface area contributed by atoms with Gasteiger partial charge in [-0.05, 0) is 49.7 Å². The van der Waals surface area contributed by atoms with E-state index in [0.717, 1.165) is 62.5 Å². The van der Waals surface area contributed by atoms with Crippen LogP contribution in [0.15, 0.2) is 66.7 Å². The molecule has 2 heterocycles. The topological polar surface area (TPSA) is 187 Å². The molecule has 310 valence electrons. The van der Waals surface area contributed by atoms with Gasteiger partial charge in [0.25, 0.3) is 23.6 Å². The number of carbonyl (C=O) groups is 6. The van der Waals surface area contributed by atoms with Crippen LogP contribution < -0.4 is 16.0 Å². The van der Waals surface area contributed by atoms with Crippen molar-refractivity contribution >= 4 is 35.5 Å². The Bertz CT molecular complexity index is 1850. The Balaban J connectivity index is 1.06. The number of nitrogens with zero attached hydrogens (tertiary/aromatic N) is 3. The van der Waals surface area contributed by atoms with Gasteiger partial charge >= 0.3 is 5.97 Å². The van der Waals surface area contributed by atoms with E-state index in [-0.39, 0.29) is 73.9 Å². The Kier molecular flexibility index (Phi) is 15.6. The van der Waals surface area contributed by atoms with E-state index >= 15 is 0 Å². The second-order valence-electron chi connectivity index (χ2n) is 15.2. The fraction of sp³-hybridized carbons (Fsp3) is 0.512. The minimum absolute atomic E-state index is 0.00977. The molecule has 2 aliphatic carbocycles. The smallest absolute Gasteiger partial charge is 0.333 e. The van der Waals surface area contributed by atoms with Crippen LogP contribution >= 0.6 is 0 Å². The van der Waals surface area contributed by atoms with Gasteiger partial charge in [-0.2, -0.15) is 5.10 Å². The number of benzene rings is 2. The molecule has 3 aromatic rings. The molecule has 2 saturated carbocycles. The van der Waals surface area contributed by atoms with Crippen molar-refractivity contribution < 1.29 is 43.1 Å². The van der Waals surface area contributed by atoms with Crippen LogP contribution in [0.5, 0.6) is 0 Å². The number of imide groups is 1. The van der Waals surface area contributed by atoms with Gasteiger partial charge in [0.15, 0.2) is 5.69 Å². The van der Waals surface area contributed by atoms with E-state index in [1.807, 2.05) is 60.7 Å². The maximum Gasteiger partial charge on any atom is 0.333 e. The Labute approximate surface area is 338 Å². The summed E-state index contributed by atoms with van der Waals surface area (Å²) in [5.74, 6) is -3.04. The largest absolute Gasteiger partial charge is 0.371 e. The van der Waals surface area contributed by atoms with Crippen molar-refractivity contribution in [3.05, 3.63) is 89.2 Å². The highest BCUT2D eigenvalue weighted by Gasteiger charge is 2.33. The lowest BCUT2D eigenvalue weighted by atomic mass is 9.92. The van der Waals surface area contributed by atoms with Crippen LogP contribution in [-0.4, -0.2) is 81.2 Å². The monoisotopic (exact) mass is 798 g/mol. The summed E-state index contributed by atoms with van der Waals surface area (Å²) in [4.78, 5) is 81.3. The van der Waals surface area contributed by atoms with Crippen molar-refractivity contribution in [1.82, 2.24) is 30.8 Å². The highest BCUT2D eigenvalue weighted by atomic mass is 16.7. The average molecular weight is 799 g/mol. The van der Waals surface area contributed by atoms with Crippen molar-refractivity contribution in [3.63, 3.8) is 0 Å². The zero-order valence-electron chi connectivity index (χ0n) is 32.9. The molecule has 3 N–H and O–H groups in total. The van der Waals surface area contributed by atoms with Gasteiger partial charge in [0.2, 0.25) is 5.91 Å². The molecule has 1 saturated heterocycles. The minimum Gasteiger partial charge on any atom is -0.371 e. The molecule has 58 heavy (non-hydrogen) atoms. The number of hydrogen-bond donors (Lipinski definition) is 3. The number of nitrogens with one attached hydrogen (secondary N) is 3. The molecule has 4 atom stereocenters. The third-order valence-corrected chi connectivity index (χ3v) is 10.8. The molecular weight excluding hydrogens is 745 g/mol. The fourth-order valence-corrected chi connectivity index (χ4v) is 7.61. The zero-order chi connectivity index (χ0) is 40.7. The number of carbonyl (C=O) groups excluding carboxylic acids is 6. The summed E-state index contributed by atoms with van der Waals surface area (Å²) in [6.45, 7) is 0.844. The minimum atomic E-state index is -0.672. The van der Waals surface area contributed by atoms with Crippen molar-refractivity contribution in [3.8, 4) is 0 Å². The molecule has 2 aromatic carbocycles. The molecular formula is C43H54N6O9. The summed E-state index contributed by atoms with van der Waals surface area (Å²) < 4.78 is 13.8. The molecule has 3 fully saturated rings. The van der Waals surface area contributed by atoms with Gasteiger partial charge in [0, 0.05) is 31.9 Å². The van der Waals surface area contributed by atoms with Crippen molar-refractivity contribution in [2.24, 2.45) is 0 Å². The summed E-state index contributed by atoms with van der Waals surface area (Å²) >= 11 is 0. The van der Waals surface area contributed by atoms with Crippen LogP contribution in [0.2, 0.25) is 0 Å². The van der Waals surface area contributed by atoms with Gasteiger partial charge in [-0.3, -0.25) is 24.0 Å². The molecule has 5 amide bonds. The maximum absolute atomic E-state index is 14.0. The second kappa shape index (κ2) is 21.4. The first-order valence-electron chi connectivity index (χ1n) is 20.6. The number of unbranched alkanes of at least 4 members (excludes halogenated alkanes) is 2. The fourth-order valence-electron chi connectivity index (χ4n) is 7.61. The van der Waals surface area contributed by atoms with Crippen molar-refractivity contribution in [1.29, 1.82) is 0 Å². The number of aromatic nitrogens is 2. The summed E-state index contributed by atoms with van der Waals surface area (Å²) in [6, 6.07) is 20.7. The number of rotatable bonds is 19. The van der Waals surface area contributed by atoms with E-state index < -0.39 is 29.6 Å². The predicted octanol–water partition coefficient (Wildman–Crippen LogP) is 4.68. The average Bonchev–Trinajstić information content (AvgIpc) is 3.80.